The van der Waals surface area contributed by atoms with Crippen LogP contribution in [-0.2, 0) is 0 Å². The second-order valence-corrected chi connectivity index (χ2v) is 6.34. The minimum Gasteiger partial charge on any atom is -0.493 e. The Morgan fingerprint density at radius 3 is 2.65 bits per heavy atom. The second kappa shape index (κ2) is 6.80. The number of anilines is 1. The van der Waals surface area contributed by atoms with E-state index >= 15 is 0 Å². The molecule has 0 aliphatic rings. The van der Waals surface area contributed by atoms with Gasteiger partial charge in [0.05, 0.1) is 24.8 Å². The highest BCUT2D eigenvalue weighted by molar-refractivity contribution is 7.16. The molecule has 2 heterocycles. The molecule has 0 aliphatic carbocycles. The van der Waals surface area contributed by atoms with Gasteiger partial charge in [0.1, 0.15) is 0 Å². The Morgan fingerprint density at radius 1 is 1.13 bits per heavy atom. The molecule has 0 fully saturated rings. The fourth-order valence-corrected chi connectivity index (χ4v) is 3.48. The predicted octanol–water partition coefficient (Wildman–Crippen LogP) is 4.14. The van der Waals surface area contributed by atoms with Gasteiger partial charge < -0.3 is 9.47 Å². The summed E-state index contributed by atoms with van der Waals surface area (Å²) in [6.45, 7) is 0. The summed E-state index contributed by atoms with van der Waals surface area (Å²) >= 11 is 3.01. The minimum absolute atomic E-state index is 0.238. The van der Waals surface area contributed by atoms with Gasteiger partial charge >= 0.3 is 0 Å². The third-order valence-corrected chi connectivity index (χ3v) is 4.79. The number of amides is 1. The van der Waals surface area contributed by atoms with Crippen molar-refractivity contribution < 1.29 is 14.3 Å². The van der Waals surface area contributed by atoms with Gasteiger partial charge in [-0.05, 0) is 29.6 Å². The number of hydrogen-bond donors (Lipinski definition) is 1. The molecular weight excluding hydrogens is 332 g/mol. The first kappa shape index (κ1) is 15.5. The first-order chi connectivity index (χ1) is 11.2. The summed E-state index contributed by atoms with van der Waals surface area (Å²) in [6, 6.07) is 9.00. The highest BCUT2D eigenvalue weighted by Crippen LogP contribution is 2.30. The van der Waals surface area contributed by atoms with E-state index in [-0.39, 0.29) is 5.91 Å². The Bertz CT molecular complexity index is 813. The Kier molecular flexibility index (Phi) is 4.59. The predicted molar refractivity (Wildman–Crippen MR) is 92.9 cm³/mol. The topological polar surface area (TPSA) is 60.5 Å². The van der Waals surface area contributed by atoms with Crippen molar-refractivity contribution in [2.45, 2.75) is 0 Å². The van der Waals surface area contributed by atoms with Crippen LogP contribution in [0.3, 0.4) is 0 Å². The van der Waals surface area contributed by atoms with E-state index in [1.807, 2.05) is 22.9 Å². The lowest BCUT2D eigenvalue weighted by atomic mass is 10.2. The van der Waals surface area contributed by atoms with E-state index < -0.39 is 0 Å². The van der Waals surface area contributed by atoms with Crippen LogP contribution in [0.2, 0.25) is 0 Å². The monoisotopic (exact) mass is 346 g/mol. The standard InChI is InChI=1S/C16H14N2O3S2/c1-20-12-6-5-10(8-13(12)21-2)15(19)18-16-17-11(9-23-16)14-4-3-7-22-14/h3-9H,1-2H3,(H,17,18,19). The molecule has 1 aromatic carbocycles. The van der Waals surface area contributed by atoms with E-state index in [0.29, 0.717) is 22.2 Å². The van der Waals surface area contributed by atoms with Crippen molar-refractivity contribution in [1.29, 1.82) is 0 Å². The maximum absolute atomic E-state index is 12.3. The molecule has 118 valence electrons. The van der Waals surface area contributed by atoms with Crippen LogP contribution in [0.15, 0.2) is 41.1 Å². The summed E-state index contributed by atoms with van der Waals surface area (Å²) in [5.41, 5.74) is 1.35. The van der Waals surface area contributed by atoms with Gasteiger partial charge in [0, 0.05) is 10.9 Å². The van der Waals surface area contributed by atoms with Crippen molar-refractivity contribution in [3.63, 3.8) is 0 Å². The zero-order valence-corrected chi connectivity index (χ0v) is 14.2. The number of thiazole rings is 1. The highest BCUT2D eigenvalue weighted by atomic mass is 32.1. The molecule has 0 saturated heterocycles. The number of nitrogens with one attached hydrogen (secondary N) is 1. The van der Waals surface area contributed by atoms with Crippen LogP contribution in [0.1, 0.15) is 10.4 Å². The molecule has 0 aliphatic heterocycles. The quantitative estimate of drug-likeness (QED) is 0.754. The van der Waals surface area contributed by atoms with E-state index in [4.69, 9.17) is 9.47 Å². The first-order valence-electron chi connectivity index (χ1n) is 6.74. The minimum atomic E-state index is -0.238. The molecule has 0 spiro atoms. The number of benzene rings is 1. The SMILES string of the molecule is COc1ccc(C(=O)Nc2nc(-c3cccs3)cs2)cc1OC. The number of nitrogens with zero attached hydrogens (tertiary/aromatic N) is 1. The molecule has 0 unspecified atom stereocenters. The summed E-state index contributed by atoms with van der Waals surface area (Å²) in [6.07, 6.45) is 0. The summed E-state index contributed by atoms with van der Waals surface area (Å²) in [5, 5.41) is 7.29. The van der Waals surface area contributed by atoms with Gasteiger partial charge in [0.15, 0.2) is 16.6 Å². The van der Waals surface area contributed by atoms with Crippen molar-refractivity contribution in [2.24, 2.45) is 0 Å². The number of hydrogen-bond acceptors (Lipinski definition) is 6. The first-order valence-corrected chi connectivity index (χ1v) is 8.50. The molecule has 7 heteroatoms. The average molecular weight is 346 g/mol. The summed E-state index contributed by atoms with van der Waals surface area (Å²) in [4.78, 5) is 17.9. The maximum atomic E-state index is 12.3. The van der Waals surface area contributed by atoms with Gasteiger partial charge in [-0.3, -0.25) is 10.1 Å². The van der Waals surface area contributed by atoms with Crippen molar-refractivity contribution in [3.8, 4) is 22.1 Å². The van der Waals surface area contributed by atoms with E-state index in [1.54, 1.807) is 36.6 Å². The van der Waals surface area contributed by atoms with Crippen LogP contribution in [0.4, 0.5) is 5.13 Å². The number of thiophene rings is 1. The molecular formula is C16H14N2O3S2. The van der Waals surface area contributed by atoms with Crippen molar-refractivity contribution >= 4 is 33.7 Å². The van der Waals surface area contributed by atoms with Crippen LogP contribution in [-0.4, -0.2) is 25.1 Å². The molecule has 1 amide bonds. The zero-order chi connectivity index (χ0) is 16.2. The van der Waals surface area contributed by atoms with Crippen molar-refractivity contribution in [3.05, 3.63) is 46.7 Å². The normalized spacial score (nSPS) is 10.3. The van der Waals surface area contributed by atoms with E-state index in [2.05, 4.69) is 10.3 Å². The molecule has 3 rings (SSSR count). The Balaban J connectivity index is 1.77. The van der Waals surface area contributed by atoms with Gasteiger partial charge in [-0.2, -0.15) is 0 Å². The van der Waals surface area contributed by atoms with Gasteiger partial charge in [-0.15, -0.1) is 22.7 Å². The van der Waals surface area contributed by atoms with E-state index in [9.17, 15) is 4.79 Å². The fourth-order valence-electron chi connectivity index (χ4n) is 2.02. The summed E-state index contributed by atoms with van der Waals surface area (Å²) < 4.78 is 10.4. The molecule has 0 atom stereocenters. The van der Waals surface area contributed by atoms with Crippen LogP contribution in [0.25, 0.3) is 10.6 Å². The van der Waals surface area contributed by atoms with Crippen LogP contribution < -0.4 is 14.8 Å². The number of ether oxygens (including phenoxy) is 2. The van der Waals surface area contributed by atoms with E-state index in [1.165, 1.54) is 18.4 Å². The molecule has 0 saturated carbocycles. The number of methoxy groups -OCH3 is 2. The molecule has 23 heavy (non-hydrogen) atoms. The molecule has 5 nitrogen and oxygen atoms in total. The Morgan fingerprint density at radius 2 is 1.96 bits per heavy atom. The maximum Gasteiger partial charge on any atom is 0.257 e. The van der Waals surface area contributed by atoms with Crippen LogP contribution in [0.5, 0.6) is 11.5 Å². The van der Waals surface area contributed by atoms with Gasteiger partial charge in [0.25, 0.3) is 5.91 Å². The third kappa shape index (κ3) is 3.35. The highest BCUT2D eigenvalue weighted by Gasteiger charge is 2.13. The molecule has 0 radical (unpaired) electrons. The number of aromatic nitrogens is 1. The lowest BCUT2D eigenvalue weighted by Crippen LogP contribution is -2.11. The summed E-state index contributed by atoms with van der Waals surface area (Å²) in [5.74, 6) is 0.856. The van der Waals surface area contributed by atoms with Crippen LogP contribution >= 0.6 is 22.7 Å². The summed E-state index contributed by atoms with van der Waals surface area (Å²) in [7, 11) is 3.09. The smallest absolute Gasteiger partial charge is 0.257 e. The fraction of sp³-hybridized carbons (Fsp3) is 0.125. The Labute approximate surface area is 141 Å². The van der Waals surface area contributed by atoms with Crippen molar-refractivity contribution in [1.82, 2.24) is 4.98 Å². The molecule has 2 aromatic heterocycles. The van der Waals surface area contributed by atoms with Crippen LogP contribution in [0, 0.1) is 0 Å². The lowest BCUT2D eigenvalue weighted by Gasteiger charge is -2.09. The zero-order valence-electron chi connectivity index (χ0n) is 12.5. The van der Waals surface area contributed by atoms with Gasteiger partial charge in [-0.1, -0.05) is 6.07 Å². The molecule has 1 N–H and O–H groups in total. The second-order valence-electron chi connectivity index (χ2n) is 4.54. The Hall–Kier alpha value is -2.38. The average Bonchev–Trinajstić information content (AvgIpc) is 3.25. The number of rotatable bonds is 5. The number of carbonyl (C=O) groups is 1. The largest absolute Gasteiger partial charge is 0.493 e. The van der Waals surface area contributed by atoms with E-state index in [0.717, 1.165) is 10.6 Å². The molecule has 3 aromatic rings. The third-order valence-electron chi connectivity index (χ3n) is 3.14. The van der Waals surface area contributed by atoms with Crippen molar-refractivity contribution in [2.75, 3.05) is 19.5 Å². The van der Waals surface area contributed by atoms with Gasteiger partial charge in [0.2, 0.25) is 0 Å². The van der Waals surface area contributed by atoms with Gasteiger partial charge in [-0.25, -0.2) is 4.98 Å². The molecule has 0 bridgehead atoms. The number of carbonyl (C=O) groups excluding carboxylic acids is 1. The lowest BCUT2D eigenvalue weighted by molar-refractivity contribution is 0.102.